The second kappa shape index (κ2) is 24.1. The van der Waals surface area contributed by atoms with Gasteiger partial charge in [0.15, 0.2) is 0 Å². The first-order valence-corrected chi connectivity index (χ1v) is 32.8. The smallest absolute Gasteiger partial charge is 0.0920 e. The van der Waals surface area contributed by atoms with E-state index >= 15 is 0 Å². The summed E-state index contributed by atoms with van der Waals surface area (Å²) in [7, 11) is 10.7. The molecule has 1 aliphatic heterocycles. The van der Waals surface area contributed by atoms with E-state index in [4.69, 9.17) is 17.0 Å². The van der Waals surface area contributed by atoms with E-state index in [1.54, 1.807) is 0 Å². The maximum absolute atomic E-state index is 4.93. The van der Waals surface area contributed by atoms with Gasteiger partial charge in [-0.05, 0) is 57.1 Å². The van der Waals surface area contributed by atoms with E-state index in [1.807, 2.05) is 6.07 Å². The zero-order valence-electron chi connectivity index (χ0n) is 43.1. The summed E-state index contributed by atoms with van der Waals surface area (Å²) in [5, 5.41) is 8.30. The van der Waals surface area contributed by atoms with Gasteiger partial charge in [0.2, 0.25) is 0 Å². The topological polar surface area (TPSA) is 0 Å². The summed E-state index contributed by atoms with van der Waals surface area (Å²) < 4.78 is 0. The molecule has 0 bridgehead atoms. The van der Waals surface area contributed by atoms with Gasteiger partial charge in [0, 0.05) is 0 Å². The Bertz CT molecular complexity index is 3140. The molecule has 362 valence electrons. The molecule has 0 saturated carbocycles. The third kappa shape index (κ3) is 12.2. The minimum absolute atomic E-state index is 0.153. The first-order chi connectivity index (χ1) is 34.8. The molecule has 0 fully saturated rings. The standard InChI is InChI=1S/2C28H29.C12H7Si.2ClH.Zr/c2*1-5-11-21-16-17-22-18-23(28(2,3)4)19-26(22)27(21)25-15-10-9-14-24(25)20-12-7-6-8-13-20;1-3-7-11-9(5-1)10-6-2-4-8-12(10)13-11;;;/h2*6-10,12-19H,5,11H2,1-4H3;1-7H;2*1H;/q3*-1;;;+2/p-2. The van der Waals surface area contributed by atoms with Crippen molar-refractivity contribution >= 4 is 58.5 Å². The zero-order valence-corrected chi connectivity index (χ0v) is 48.1. The number of halogens is 2. The molecule has 2 radical (unpaired) electrons. The molecular formula is C68H65Cl2SiZr-3. The van der Waals surface area contributed by atoms with Crippen molar-refractivity contribution in [2.75, 3.05) is 0 Å². The number of benzene rings is 8. The summed E-state index contributed by atoms with van der Waals surface area (Å²) in [4.78, 5) is 0. The second-order valence-corrected chi connectivity index (χ2v) is 25.7. The fraction of sp³-hybridized carbons (Fsp3) is 0.206. The van der Waals surface area contributed by atoms with Crippen LogP contribution in [-0.2, 0) is 44.5 Å². The molecule has 11 rings (SSSR count). The molecule has 0 atom stereocenters. The van der Waals surface area contributed by atoms with Crippen LogP contribution in [0.4, 0.5) is 0 Å². The Morgan fingerprint density at radius 1 is 0.458 bits per heavy atom. The van der Waals surface area contributed by atoms with Crippen LogP contribution in [0.2, 0.25) is 0 Å². The van der Waals surface area contributed by atoms with Crippen LogP contribution >= 0.6 is 17.0 Å². The van der Waals surface area contributed by atoms with Gasteiger partial charge >= 0.3 is 37.9 Å². The predicted molar refractivity (Wildman–Crippen MR) is 314 cm³/mol. The maximum atomic E-state index is 4.93. The van der Waals surface area contributed by atoms with Gasteiger partial charge in [0.25, 0.3) is 0 Å². The van der Waals surface area contributed by atoms with E-state index in [-0.39, 0.29) is 10.8 Å². The Morgan fingerprint density at radius 3 is 1.28 bits per heavy atom. The number of rotatable bonds is 8. The Kier molecular flexibility index (Phi) is 17.8. The number of fused-ring (bicyclic) bond motifs is 5. The van der Waals surface area contributed by atoms with Gasteiger partial charge in [-0.2, -0.15) is 41.6 Å². The third-order valence-corrected chi connectivity index (χ3v) is 15.0. The second-order valence-electron chi connectivity index (χ2n) is 20.7. The molecule has 1 heterocycles. The minimum atomic E-state index is -0.826. The molecule has 0 unspecified atom stereocenters. The van der Waals surface area contributed by atoms with Gasteiger partial charge in [0.1, 0.15) is 0 Å². The summed E-state index contributed by atoms with van der Waals surface area (Å²) >= 11 is -0.826. The van der Waals surface area contributed by atoms with Gasteiger partial charge in [-0.1, -0.05) is 235 Å². The molecule has 0 saturated heterocycles. The van der Waals surface area contributed by atoms with Crippen LogP contribution in [0.1, 0.15) is 90.5 Å². The molecule has 72 heavy (non-hydrogen) atoms. The van der Waals surface area contributed by atoms with Crippen LogP contribution in [0.5, 0.6) is 0 Å². The fourth-order valence-electron chi connectivity index (χ4n) is 9.98. The summed E-state index contributed by atoms with van der Waals surface area (Å²) in [5.74, 6) is 0. The molecule has 1 aliphatic rings. The molecular weight excluding hydrogens is 1010 g/mol. The summed E-state index contributed by atoms with van der Waals surface area (Å²) in [6, 6.07) is 76.3. The summed E-state index contributed by atoms with van der Waals surface area (Å²) in [5.41, 5.74) is 19.5. The van der Waals surface area contributed by atoms with Crippen LogP contribution in [0.15, 0.2) is 200 Å². The Labute approximate surface area is 451 Å². The van der Waals surface area contributed by atoms with Crippen molar-refractivity contribution in [1.29, 1.82) is 0 Å². The van der Waals surface area contributed by atoms with Gasteiger partial charge in [0.05, 0.1) is 9.52 Å². The molecule has 10 aromatic rings. The summed E-state index contributed by atoms with van der Waals surface area (Å²) in [6.07, 6.45) is 4.51. The first kappa shape index (κ1) is 53.0. The van der Waals surface area contributed by atoms with Crippen molar-refractivity contribution in [3.05, 3.63) is 229 Å². The monoisotopic (exact) mass is 1070 g/mol. The molecule has 4 heteroatoms. The average molecular weight is 1070 g/mol. The first-order valence-electron chi connectivity index (χ1n) is 25.4. The molecule has 10 aromatic carbocycles. The largest absolute Gasteiger partial charge is 0.184 e. The van der Waals surface area contributed by atoms with Crippen LogP contribution in [0, 0.1) is 6.07 Å². The van der Waals surface area contributed by atoms with Crippen molar-refractivity contribution in [2.45, 2.75) is 91.9 Å². The van der Waals surface area contributed by atoms with Crippen LogP contribution < -0.4 is 10.4 Å². The number of hydrogen-bond donors (Lipinski definition) is 0. The molecule has 0 spiro atoms. The van der Waals surface area contributed by atoms with Gasteiger partial charge in [-0.3, -0.25) is 0 Å². The average Bonchev–Trinajstić information content (AvgIpc) is 4.14. The normalized spacial score (nSPS) is 11.6. The quantitative estimate of drug-likeness (QED) is 0.105. The zero-order chi connectivity index (χ0) is 50.8. The van der Waals surface area contributed by atoms with E-state index < -0.39 is 20.8 Å². The van der Waals surface area contributed by atoms with E-state index in [0.717, 1.165) is 35.2 Å². The maximum Gasteiger partial charge on any atom is 0.0920 e. The summed E-state index contributed by atoms with van der Waals surface area (Å²) in [6.45, 7) is 18.3. The van der Waals surface area contributed by atoms with Gasteiger partial charge in [-0.25, -0.2) is 0 Å². The van der Waals surface area contributed by atoms with E-state index in [0.29, 0.717) is 0 Å². The Balaban J connectivity index is 0.000000149. The molecule has 0 aliphatic carbocycles. The van der Waals surface area contributed by atoms with Crippen LogP contribution in [0.3, 0.4) is 0 Å². The van der Waals surface area contributed by atoms with Gasteiger partial charge in [-0.15, -0.1) is 74.6 Å². The Morgan fingerprint density at radius 2 is 0.847 bits per heavy atom. The van der Waals surface area contributed by atoms with E-state index in [9.17, 15) is 0 Å². The van der Waals surface area contributed by atoms with Crippen molar-refractivity contribution in [3.8, 4) is 55.6 Å². The minimum Gasteiger partial charge on any atom is -0.184 e. The van der Waals surface area contributed by atoms with Crippen molar-refractivity contribution in [2.24, 2.45) is 0 Å². The Hall–Kier alpha value is -5.34. The van der Waals surface area contributed by atoms with Crippen molar-refractivity contribution < 1.29 is 20.8 Å². The number of hydrogen-bond acceptors (Lipinski definition) is 0. The third-order valence-electron chi connectivity index (χ3n) is 13.6. The molecule has 0 N–H and O–H groups in total. The van der Waals surface area contributed by atoms with Crippen molar-refractivity contribution in [3.63, 3.8) is 0 Å². The van der Waals surface area contributed by atoms with Crippen molar-refractivity contribution in [1.82, 2.24) is 0 Å². The molecule has 0 nitrogen and oxygen atoms in total. The van der Waals surface area contributed by atoms with Crippen LogP contribution in [0.25, 0.3) is 77.2 Å². The van der Waals surface area contributed by atoms with E-state index in [1.165, 1.54) is 110 Å². The fourth-order valence-corrected chi connectivity index (χ4v) is 11.3. The van der Waals surface area contributed by atoms with Gasteiger partial charge < -0.3 is 0 Å². The molecule has 0 aromatic heterocycles. The van der Waals surface area contributed by atoms with E-state index in [2.05, 4.69) is 256 Å². The number of aryl methyl sites for hydroxylation is 2. The predicted octanol–water partition coefficient (Wildman–Crippen LogP) is 18.8. The van der Waals surface area contributed by atoms with Crippen LogP contribution in [-0.4, -0.2) is 9.52 Å². The molecule has 0 amide bonds. The SMILES string of the molecule is CCCc1ccc2[cH-]c(C(C)(C)C)cc2c1-c1ccccc1-c1ccccc1.CCCc1ccc2[cH-]c(C(C)(C)C)cc2c1-c1ccccc1-c1ccccc1.[Cl][Zr][Cl].[c-]1cccc2c1[Si]c1ccccc1-2.